The van der Waals surface area contributed by atoms with Gasteiger partial charge in [0.15, 0.2) is 5.82 Å². The van der Waals surface area contributed by atoms with E-state index in [0.717, 1.165) is 50.3 Å². The molecule has 1 saturated carbocycles. The fourth-order valence-corrected chi connectivity index (χ4v) is 4.42. The molecule has 0 bridgehead atoms. The van der Waals surface area contributed by atoms with Crippen LogP contribution in [-0.4, -0.2) is 57.9 Å². The molecule has 0 spiro atoms. The summed E-state index contributed by atoms with van der Waals surface area (Å²) in [4.78, 5) is 34.9. The molecular weight excluding hydrogens is 364 g/mol. The molecule has 2 aliphatic rings. The molecular formula is C22H30N6O. The Morgan fingerprint density at radius 1 is 1.03 bits per heavy atom. The van der Waals surface area contributed by atoms with Gasteiger partial charge in [-0.15, -0.1) is 0 Å². The molecule has 2 fully saturated rings. The normalized spacial score (nSPS) is 18.6. The first kappa shape index (κ1) is 19.7. The van der Waals surface area contributed by atoms with Crippen LogP contribution in [0.1, 0.15) is 56.6 Å². The molecule has 0 unspecified atom stereocenters. The molecule has 1 saturated heterocycles. The van der Waals surface area contributed by atoms with Crippen molar-refractivity contribution in [2.75, 3.05) is 32.1 Å². The van der Waals surface area contributed by atoms with E-state index in [1.165, 1.54) is 19.3 Å². The second-order valence-corrected chi connectivity index (χ2v) is 8.39. The van der Waals surface area contributed by atoms with Crippen LogP contribution < -0.4 is 4.90 Å². The molecule has 1 amide bonds. The standard InChI is InChI=1S/C22H30N6O/c1-27(2)20-14-18(25-21(26-20)19-15-23-10-11-24-19)16-8-12-28(13-9-16)22(29)17-6-4-3-5-7-17/h10-11,14-17H,3-9,12-13H2,1-2H3. The highest BCUT2D eigenvalue weighted by Gasteiger charge is 2.30. The van der Waals surface area contributed by atoms with E-state index in [1.54, 1.807) is 18.6 Å². The van der Waals surface area contributed by atoms with Gasteiger partial charge in [0.05, 0.1) is 6.20 Å². The molecule has 0 N–H and O–H groups in total. The molecule has 0 atom stereocenters. The third-order valence-electron chi connectivity index (χ3n) is 6.16. The van der Waals surface area contributed by atoms with Gasteiger partial charge in [0, 0.05) is 63.2 Å². The summed E-state index contributed by atoms with van der Waals surface area (Å²) in [5, 5.41) is 0. The Balaban J connectivity index is 1.49. The Morgan fingerprint density at radius 3 is 2.45 bits per heavy atom. The van der Waals surface area contributed by atoms with Crippen LogP contribution in [0.25, 0.3) is 11.5 Å². The van der Waals surface area contributed by atoms with Crippen molar-refractivity contribution in [3.63, 3.8) is 0 Å². The number of hydrogen-bond acceptors (Lipinski definition) is 6. The SMILES string of the molecule is CN(C)c1cc(C2CCN(C(=O)C3CCCCC3)CC2)nc(-c2cnccn2)n1. The molecule has 2 aromatic rings. The molecule has 29 heavy (non-hydrogen) atoms. The van der Waals surface area contributed by atoms with Crippen LogP contribution in [-0.2, 0) is 4.79 Å². The van der Waals surface area contributed by atoms with Crippen LogP contribution in [0.15, 0.2) is 24.7 Å². The van der Waals surface area contributed by atoms with Crippen molar-refractivity contribution in [1.29, 1.82) is 0 Å². The van der Waals surface area contributed by atoms with E-state index in [0.29, 0.717) is 23.3 Å². The van der Waals surface area contributed by atoms with Crippen molar-refractivity contribution < 1.29 is 4.79 Å². The van der Waals surface area contributed by atoms with Crippen LogP contribution in [0.2, 0.25) is 0 Å². The molecule has 7 heteroatoms. The smallest absolute Gasteiger partial charge is 0.225 e. The lowest BCUT2D eigenvalue weighted by Crippen LogP contribution is -2.42. The molecule has 0 radical (unpaired) electrons. The van der Waals surface area contributed by atoms with Gasteiger partial charge in [0.2, 0.25) is 5.91 Å². The van der Waals surface area contributed by atoms with Gasteiger partial charge >= 0.3 is 0 Å². The summed E-state index contributed by atoms with van der Waals surface area (Å²) >= 11 is 0. The summed E-state index contributed by atoms with van der Waals surface area (Å²) in [6, 6.07) is 2.07. The molecule has 154 valence electrons. The van der Waals surface area contributed by atoms with E-state index in [4.69, 9.17) is 4.98 Å². The van der Waals surface area contributed by atoms with Crippen LogP contribution in [0, 0.1) is 5.92 Å². The Hall–Kier alpha value is -2.57. The third kappa shape index (κ3) is 4.54. The molecule has 3 heterocycles. The Labute approximate surface area is 172 Å². The highest BCUT2D eigenvalue weighted by molar-refractivity contribution is 5.79. The number of anilines is 1. The van der Waals surface area contributed by atoms with Crippen molar-refractivity contribution in [3.8, 4) is 11.5 Å². The van der Waals surface area contributed by atoms with Gasteiger partial charge in [-0.05, 0) is 25.7 Å². The first-order chi connectivity index (χ1) is 14.1. The third-order valence-corrected chi connectivity index (χ3v) is 6.16. The quantitative estimate of drug-likeness (QED) is 0.792. The van der Waals surface area contributed by atoms with Crippen molar-refractivity contribution in [3.05, 3.63) is 30.4 Å². The molecule has 7 nitrogen and oxygen atoms in total. The van der Waals surface area contributed by atoms with Gasteiger partial charge < -0.3 is 9.80 Å². The second kappa shape index (κ2) is 8.84. The molecule has 4 rings (SSSR count). The Kier molecular flexibility index (Phi) is 6.02. The first-order valence-corrected chi connectivity index (χ1v) is 10.7. The maximum absolute atomic E-state index is 12.9. The largest absolute Gasteiger partial charge is 0.363 e. The summed E-state index contributed by atoms with van der Waals surface area (Å²) in [7, 11) is 3.97. The molecule has 1 aliphatic heterocycles. The van der Waals surface area contributed by atoms with Crippen LogP contribution in [0.5, 0.6) is 0 Å². The second-order valence-electron chi connectivity index (χ2n) is 8.39. The predicted octanol–water partition coefficient (Wildman–Crippen LogP) is 3.29. The van der Waals surface area contributed by atoms with Crippen molar-refractivity contribution in [2.45, 2.75) is 50.9 Å². The molecule has 1 aliphatic carbocycles. The summed E-state index contributed by atoms with van der Waals surface area (Å²) in [6.07, 6.45) is 12.7. The number of amides is 1. The van der Waals surface area contributed by atoms with Gasteiger partial charge in [-0.3, -0.25) is 9.78 Å². The average molecular weight is 395 g/mol. The summed E-state index contributed by atoms with van der Waals surface area (Å²) in [5.41, 5.74) is 1.72. The van der Waals surface area contributed by atoms with Crippen molar-refractivity contribution in [1.82, 2.24) is 24.8 Å². The number of carbonyl (C=O) groups is 1. The van der Waals surface area contributed by atoms with E-state index in [9.17, 15) is 4.79 Å². The number of rotatable bonds is 4. The fourth-order valence-electron chi connectivity index (χ4n) is 4.42. The van der Waals surface area contributed by atoms with Crippen molar-refractivity contribution >= 4 is 11.7 Å². The van der Waals surface area contributed by atoms with E-state index < -0.39 is 0 Å². The minimum Gasteiger partial charge on any atom is -0.363 e. The Morgan fingerprint density at radius 2 is 1.79 bits per heavy atom. The Bertz CT molecular complexity index is 826. The lowest BCUT2D eigenvalue weighted by atomic mass is 9.86. The maximum atomic E-state index is 12.9. The van der Waals surface area contributed by atoms with Gasteiger partial charge in [-0.1, -0.05) is 19.3 Å². The minimum absolute atomic E-state index is 0.253. The van der Waals surface area contributed by atoms with E-state index in [1.807, 2.05) is 19.0 Å². The average Bonchev–Trinajstić information content (AvgIpc) is 2.79. The minimum atomic E-state index is 0.253. The van der Waals surface area contributed by atoms with Crippen molar-refractivity contribution in [2.24, 2.45) is 5.92 Å². The number of nitrogens with zero attached hydrogens (tertiary/aromatic N) is 6. The number of likely N-dealkylation sites (tertiary alicyclic amines) is 1. The summed E-state index contributed by atoms with van der Waals surface area (Å²) in [5.74, 6) is 2.45. The highest BCUT2D eigenvalue weighted by Crippen LogP contribution is 2.32. The van der Waals surface area contributed by atoms with Gasteiger partial charge in [0.1, 0.15) is 11.5 Å². The zero-order valence-corrected chi connectivity index (χ0v) is 17.4. The zero-order chi connectivity index (χ0) is 20.2. The lowest BCUT2D eigenvalue weighted by molar-refractivity contribution is -0.137. The highest BCUT2D eigenvalue weighted by atomic mass is 16.2. The monoisotopic (exact) mass is 394 g/mol. The fraction of sp³-hybridized carbons (Fsp3) is 0.591. The number of piperidine rings is 1. The predicted molar refractivity (Wildman–Crippen MR) is 113 cm³/mol. The summed E-state index contributed by atoms with van der Waals surface area (Å²) < 4.78 is 0. The van der Waals surface area contributed by atoms with Crippen LogP contribution >= 0.6 is 0 Å². The summed E-state index contributed by atoms with van der Waals surface area (Å²) in [6.45, 7) is 1.64. The molecule has 0 aromatic carbocycles. The van der Waals surface area contributed by atoms with Gasteiger partial charge in [0.25, 0.3) is 0 Å². The first-order valence-electron chi connectivity index (χ1n) is 10.7. The number of carbonyl (C=O) groups excluding carboxylic acids is 1. The lowest BCUT2D eigenvalue weighted by Gasteiger charge is -2.35. The van der Waals surface area contributed by atoms with Crippen LogP contribution in [0.3, 0.4) is 0 Å². The van der Waals surface area contributed by atoms with Gasteiger partial charge in [-0.25, -0.2) is 15.0 Å². The van der Waals surface area contributed by atoms with Gasteiger partial charge in [-0.2, -0.15) is 0 Å². The van der Waals surface area contributed by atoms with E-state index in [-0.39, 0.29) is 5.92 Å². The van der Waals surface area contributed by atoms with E-state index >= 15 is 0 Å². The van der Waals surface area contributed by atoms with E-state index in [2.05, 4.69) is 25.9 Å². The topological polar surface area (TPSA) is 75.1 Å². The number of hydrogen-bond donors (Lipinski definition) is 0. The number of aromatic nitrogens is 4. The molecule has 2 aromatic heterocycles. The van der Waals surface area contributed by atoms with Crippen LogP contribution in [0.4, 0.5) is 5.82 Å². The zero-order valence-electron chi connectivity index (χ0n) is 17.4. The maximum Gasteiger partial charge on any atom is 0.225 e.